The predicted octanol–water partition coefficient (Wildman–Crippen LogP) is 26.1. The molecule has 0 spiro atoms. The van der Waals surface area contributed by atoms with E-state index in [0.29, 0.717) is 33.4 Å². The minimum absolute atomic E-state index is 0.00663. The molecule has 6 heteroatoms. The van der Waals surface area contributed by atoms with Crippen LogP contribution in [0.3, 0.4) is 0 Å². The number of hydrogen-bond acceptors (Lipinski definition) is 3. The lowest BCUT2D eigenvalue weighted by Gasteiger charge is -2.46. The van der Waals surface area contributed by atoms with Crippen molar-refractivity contribution in [1.82, 2.24) is 9.13 Å². The molecule has 0 radical (unpaired) electrons. The summed E-state index contributed by atoms with van der Waals surface area (Å²) >= 11 is 0. The fourth-order valence-corrected chi connectivity index (χ4v) is 15.9. The van der Waals surface area contributed by atoms with Gasteiger partial charge in [0.05, 0.1) is 70.5 Å². The van der Waals surface area contributed by atoms with Crippen molar-refractivity contribution in [3.63, 3.8) is 0 Å². The molecule has 18 aromatic rings. The molecule has 0 amide bonds. The van der Waals surface area contributed by atoms with Crippen molar-refractivity contribution in [1.29, 1.82) is 0 Å². The van der Waals surface area contributed by atoms with Crippen molar-refractivity contribution < 1.29 is 41.4 Å². The fourth-order valence-electron chi connectivity index (χ4n) is 15.9. The van der Waals surface area contributed by atoms with Crippen molar-refractivity contribution in [3.05, 3.63) is 344 Å². The Bertz CT molecular complexity index is 8140. The lowest BCUT2D eigenvalue weighted by molar-refractivity contribution is 0.590. The number of furan rings is 1. The molecular formula is C102H81BN4O. The maximum atomic E-state index is 12.0. The van der Waals surface area contributed by atoms with Gasteiger partial charge in [-0.05, 0) is 185 Å². The molecule has 20 rings (SSSR count). The third kappa shape index (κ3) is 10.3. The lowest BCUT2D eigenvalue weighted by Crippen LogP contribution is -2.61. The Labute approximate surface area is 669 Å². The molecule has 0 saturated heterocycles. The van der Waals surface area contributed by atoms with Crippen LogP contribution in [0.25, 0.3) is 133 Å². The highest BCUT2D eigenvalue weighted by molar-refractivity contribution is 7.00. The highest BCUT2D eigenvalue weighted by Gasteiger charge is 2.47. The number of fused-ring (bicyclic) bond motifs is 13. The SMILES string of the molecule is [2H]c1c([2H])c(-n2c3c([2H])c([2H])c([2H])c([2H])c3c3c([2H])c([2H])c([2H])c([2H])c32)c([2H])c2c1B1c3c(cc(C(C)(C)C)cc3N(c3c(-c4ccccc4)c([2H])c(C(C)(C)C)c4c3oc3c([2H])c([2H])c([2H])c([2H])c34)c3c([2H])c(-n4c5c([2H])c([2H])c([2H])c([2H])c5c5c([2H])c([2H])c([2H])c([2H])c54)c([2H])c([2H])c31)N2c1c(-c2cccc(-c3ccccc3)c2)cc(C(C)(C)C)cc1-c1cccc(-c2ccccc2)c1. The Morgan fingerprint density at radius 3 is 1.16 bits per heavy atom. The van der Waals surface area contributed by atoms with Crippen molar-refractivity contribution in [2.45, 2.75) is 78.6 Å². The number of nitrogens with zero attached hydrogens (tertiary/aromatic N) is 4. The maximum Gasteiger partial charge on any atom is 0.252 e. The summed E-state index contributed by atoms with van der Waals surface area (Å²) in [5.74, 6) is 0. The van der Waals surface area contributed by atoms with Gasteiger partial charge in [0.2, 0.25) is 0 Å². The smallest absolute Gasteiger partial charge is 0.252 e. The molecular weight excluding hydrogens is 1310 g/mol. The fraction of sp³-hybridized carbons (Fsp3) is 0.118. The number of rotatable bonds is 9. The summed E-state index contributed by atoms with van der Waals surface area (Å²) in [7, 11) is 0. The molecule has 2 aliphatic heterocycles. The molecule has 518 valence electrons. The van der Waals surface area contributed by atoms with E-state index in [1.54, 1.807) is 46.2 Å². The predicted molar refractivity (Wildman–Crippen MR) is 460 cm³/mol. The Morgan fingerprint density at radius 2 is 0.713 bits per heavy atom. The monoisotopic (exact) mass is 1420 g/mol. The van der Waals surface area contributed by atoms with Gasteiger partial charge < -0.3 is 23.4 Å². The minimum atomic E-state index is -1.87. The first-order chi connectivity index (χ1) is 63.8. The van der Waals surface area contributed by atoms with E-state index in [0.717, 1.165) is 37.0 Å². The summed E-state index contributed by atoms with van der Waals surface area (Å²) in [4.78, 5) is 3.35. The molecule has 5 nitrogen and oxygen atoms in total. The van der Waals surface area contributed by atoms with Crippen LogP contribution in [0.4, 0.5) is 34.1 Å². The third-order valence-corrected chi connectivity index (χ3v) is 21.0. The second kappa shape index (κ2) is 24.5. The van der Waals surface area contributed by atoms with Crippen LogP contribution in [0, 0.1) is 0 Å². The van der Waals surface area contributed by atoms with E-state index in [1.165, 1.54) is 0 Å². The number of benzene rings is 15. The van der Waals surface area contributed by atoms with E-state index in [9.17, 15) is 34.3 Å². The van der Waals surface area contributed by atoms with Gasteiger partial charge in [-0.15, -0.1) is 0 Å². The van der Waals surface area contributed by atoms with Crippen molar-refractivity contribution in [2.24, 2.45) is 0 Å². The van der Waals surface area contributed by atoms with E-state index in [4.69, 9.17) is 7.16 Å². The van der Waals surface area contributed by atoms with Gasteiger partial charge in [-0.3, -0.25) is 0 Å². The van der Waals surface area contributed by atoms with Crippen LogP contribution in [0.2, 0.25) is 0 Å². The van der Waals surface area contributed by atoms with Crippen LogP contribution < -0.4 is 26.2 Å². The number of hydrogen-bond donors (Lipinski definition) is 0. The molecule has 0 fully saturated rings. The molecule has 15 aromatic carbocycles. The first-order valence-corrected chi connectivity index (χ1v) is 35.9. The standard InChI is InChI=1S/C102H81BN4O/c1-100(2,3)71-57-80(69-39-29-37-67(55-69)64-31-13-10-14-32-64)97(81(58-71)70-40-30-38-68(56-70)65-33-15-11-16-34-65)106-90-61-73(104-86-46-24-19-41-75(86)76-42-20-25-47-87(76)104)51-53-84(90)103-85-54-52-74(105-88-48-26-21-43-77(88)78-44-22-27-49-89(78)105)62-91(85)107(93-60-72(101(4,5)6)59-92(106)96(93)103)98-82(66-35-17-12-18-36-66)63-83(102(7,8)9)95-79-45-23-28-50-94(79)108-99(95)98/h10-63H,1-9H3/i19D,20D,21D,22D,23D,24D,25D,26D,27D,28D,41D,42D,43D,44D,45D,46D,47D,48D,49D,50D,51D,52D,53D,54D,61D,62D,63D. The summed E-state index contributed by atoms with van der Waals surface area (Å²) < 4.78 is 282. The molecule has 2 aliphatic rings. The van der Waals surface area contributed by atoms with E-state index in [1.807, 2.05) is 169 Å². The Morgan fingerprint density at radius 1 is 0.324 bits per heavy atom. The quantitative estimate of drug-likeness (QED) is 0.135. The molecule has 5 heterocycles. The molecule has 0 N–H and O–H groups in total. The van der Waals surface area contributed by atoms with E-state index >= 15 is 0 Å². The highest BCUT2D eigenvalue weighted by atomic mass is 16.3. The summed E-state index contributed by atoms with van der Waals surface area (Å²) in [6.45, 7) is 15.6. The largest absolute Gasteiger partial charge is 0.454 e. The van der Waals surface area contributed by atoms with Gasteiger partial charge in [0.1, 0.15) is 5.58 Å². The van der Waals surface area contributed by atoms with Gasteiger partial charge in [-0.1, -0.05) is 292 Å². The molecule has 0 saturated carbocycles. The van der Waals surface area contributed by atoms with E-state index in [-0.39, 0.29) is 83.9 Å². The first-order valence-electron chi connectivity index (χ1n) is 49.4. The molecule has 0 atom stereocenters. The van der Waals surface area contributed by atoms with Crippen molar-refractivity contribution in [2.75, 3.05) is 9.80 Å². The Hall–Kier alpha value is -12.6. The van der Waals surface area contributed by atoms with E-state index in [2.05, 4.69) is 20.8 Å². The van der Waals surface area contributed by atoms with E-state index < -0.39 is 241 Å². The summed E-state index contributed by atoms with van der Waals surface area (Å²) in [5, 5.41) is -1.89. The van der Waals surface area contributed by atoms with Gasteiger partial charge in [-0.25, -0.2) is 0 Å². The van der Waals surface area contributed by atoms with Crippen LogP contribution in [0.15, 0.2) is 331 Å². The van der Waals surface area contributed by atoms with Crippen molar-refractivity contribution >= 4 is 123 Å². The van der Waals surface area contributed by atoms with Gasteiger partial charge in [0, 0.05) is 83.1 Å². The summed E-state index contributed by atoms with van der Waals surface area (Å²) in [6, 6.07) is 30.8. The third-order valence-electron chi connectivity index (χ3n) is 21.0. The van der Waals surface area contributed by atoms with Gasteiger partial charge in [-0.2, -0.15) is 0 Å². The molecule has 108 heavy (non-hydrogen) atoms. The highest BCUT2D eigenvalue weighted by Crippen LogP contribution is 2.57. The average molecular weight is 1420 g/mol. The average Bonchev–Trinajstić information content (AvgIpc) is 1.29. The maximum absolute atomic E-state index is 12.0. The van der Waals surface area contributed by atoms with Gasteiger partial charge in [0.15, 0.2) is 5.58 Å². The van der Waals surface area contributed by atoms with Gasteiger partial charge in [0.25, 0.3) is 6.71 Å². The second-order valence-corrected chi connectivity index (χ2v) is 30.7. The number of para-hydroxylation sites is 5. The molecule has 0 bridgehead atoms. The van der Waals surface area contributed by atoms with Crippen LogP contribution in [0.1, 0.15) is 116 Å². The van der Waals surface area contributed by atoms with Crippen LogP contribution in [0.5, 0.6) is 0 Å². The number of anilines is 6. The zero-order chi connectivity index (χ0) is 96.6. The Balaban J connectivity index is 1.09. The molecule has 0 aliphatic carbocycles. The lowest BCUT2D eigenvalue weighted by atomic mass is 9.33. The van der Waals surface area contributed by atoms with Crippen LogP contribution >= 0.6 is 0 Å². The minimum Gasteiger partial charge on any atom is -0.454 e. The second-order valence-electron chi connectivity index (χ2n) is 30.7. The zero-order valence-corrected chi connectivity index (χ0v) is 60.4. The van der Waals surface area contributed by atoms with Crippen LogP contribution in [-0.4, -0.2) is 15.8 Å². The summed E-state index contributed by atoms with van der Waals surface area (Å²) in [5.41, 5.74) is -1.13. The number of aromatic nitrogens is 2. The van der Waals surface area contributed by atoms with Crippen molar-refractivity contribution in [3.8, 4) is 67.0 Å². The van der Waals surface area contributed by atoms with Gasteiger partial charge >= 0.3 is 0 Å². The topological polar surface area (TPSA) is 29.5 Å². The molecule has 0 unspecified atom stereocenters. The van der Waals surface area contributed by atoms with Crippen LogP contribution in [-0.2, 0) is 16.2 Å². The zero-order valence-electron chi connectivity index (χ0n) is 87.4. The first kappa shape index (κ1) is 42.5. The Kier molecular flexibility index (Phi) is 9.63. The normalized spacial score (nSPS) is 16.5. The molecule has 3 aromatic heterocycles. The summed E-state index contributed by atoms with van der Waals surface area (Å²) in [6.07, 6.45) is 0.